The fourth-order valence-corrected chi connectivity index (χ4v) is 1.55. The van der Waals surface area contributed by atoms with Crippen molar-refractivity contribution in [1.29, 1.82) is 0 Å². The van der Waals surface area contributed by atoms with E-state index in [1.807, 2.05) is 30.3 Å². The lowest BCUT2D eigenvalue weighted by Crippen LogP contribution is -2.42. The molecule has 0 saturated carbocycles. The first-order chi connectivity index (χ1) is 8.67. The number of hydrogen-bond donors (Lipinski definition) is 2. The van der Waals surface area contributed by atoms with E-state index in [1.54, 1.807) is 0 Å². The Labute approximate surface area is 106 Å². The van der Waals surface area contributed by atoms with Crippen molar-refractivity contribution in [2.45, 2.75) is 18.9 Å². The number of hydrogen-bond acceptors (Lipinski definition) is 4. The molecule has 98 valence electrons. The molecule has 2 N–H and O–H groups in total. The molecule has 1 amide bonds. The van der Waals surface area contributed by atoms with Gasteiger partial charge in [0.2, 0.25) is 5.91 Å². The van der Waals surface area contributed by atoms with Gasteiger partial charge in [0.25, 0.3) is 0 Å². The molecule has 0 bridgehead atoms. The molecule has 0 radical (unpaired) electrons. The summed E-state index contributed by atoms with van der Waals surface area (Å²) in [7, 11) is 1.25. The quantitative estimate of drug-likeness (QED) is 0.712. The number of carbonyl (C=O) groups is 2. The highest BCUT2D eigenvalue weighted by atomic mass is 16.5. The van der Waals surface area contributed by atoms with Gasteiger partial charge in [0.1, 0.15) is 6.04 Å². The van der Waals surface area contributed by atoms with Crippen LogP contribution in [0.1, 0.15) is 12.0 Å². The van der Waals surface area contributed by atoms with Crippen LogP contribution in [0, 0.1) is 0 Å². The Morgan fingerprint density at radius 2 is 2.00 bits per heavy atom. The van der Waals surface area contributed by atoms with E-state index in [4.69, 9.17) is 5.11 Å². The van der Waals surface area contributed by atoms with Crippen molar-refractivity contribution in [1.82, 2.24) is 5.32 Å². The second kappa shape index (κ2) is 7.45. The third-order valence-corrected chi connectivity index (χ3v) is 2.45. The summed E-state index contributed by atoms with van der Waals surface area (Å²) in [6.07, 6.45) is 0.340. The van der Waals surface area contributed by atoms with Gasteiger partial charge in [-0.1, -0.05) is 30.3 Å². The van der Waals surface area contributed by atoms with Crippen molar-refractivity contribution in [3.63, 3.8) is 0 Å². The Balaban J connectivity index is 2.53. The van der Waals surface area contributed by atoms with Crippen molar-refractivity contribution in [3.05, 3.63) is 35.9 Å². The Bertz CT molecular complexity index is 391. The van der Waals surface area contributed by atoms with E-state index in [-0.39, 0.29) is 25.4 Å². The van der Waals surface area contributed by atoms with Crippen molar-refractivity contribution in [2.75, 3.05) is 13.7 Å². The van der Waals surface area contributed by atoms with Gasteiger partial charge in [0.05, 0.1) is 13.5 Å². The van der Waals surface area contributed by atoms with E-state index >= 15 is 0 Å². The summed E-state index contributed by atoms with van der Waals surface area (Å²) in [5.41, 5.74) is 0.864. The van der Waals surface area contributed by atoms with Crippen LogP contribution in [0.3, 0.4) is 0 Å². The number of esters is 1. The van der Waals surface area contributed by atoms with Gasteiger partial charge < -0.3 is 15.2 Å². The van der Waals surface area contributed by atoms with Gasteiger partial charge >= 0.3 is 5.97 Å². The normalized spacial score (nSPS) is 11.7. The Kier molecular flexibility index (Phi) is 5.87. The summed E-state index contributed by atoms with van der Waals surface area (Å²) in [5, 5.41) is 11.4. The molecule has 0 aliphatic carbocycles. The monoisotopic (exact) mass is 251 g/mol. The number of methoxy groups -OCH3 is 1. The molecule has 1 rings (SSSR count). The van der Waals surface area contributed by atoms with Gasteiger partial charge in [-0.2, -0.15) is 0 Å². The molecule has 0 aliphatic heterocycles. The molecule has 0 aromatic heterocycles. The highest BCUT2D eigenvalue weighted by Gasteiger charge is 2.20. The standard InChI is InChI=1S/C13H17NO4/c1-18-13(17)11(7-8-15)14-12(16)9-10-5-3-2-4-6-10/h2-6,11,15H,7-9H2,1H3,(H,14,16)/t11-/m0/s1. The minimum Gasteiger partial charge on any atom is -0.467 e. The molecule has 1 aromatic carbocycles. The van der Waals surface area contributed by atoms with Crippen LogP contribution in [0.4, 0.5) is 0 Å². The fourth-order valence-electron chi connectivity index (χ4n) is 1.55. The van der Waals surface area contributed by atoms with E-state index in [0.29, 0.717) is 0 Å². The molecule has 0 fully saturated rings. The average molecular weight is 251 g/mol. The van der Waals surface area contributed by atoms with Gasteiger partial charge in [0, 0.05) is 13.0 Å². The molecule has 18 heavy (non-hydrogen) atoms. The van der Waals surface area contributed by atoms with E-state index in [1.165, 1.54) is 7.11 Å². The van der Waals surface area contributed by atoms with Crippen LogP contribution in [-0.2, 0) is 20.7 Å². The molecule has 1 atom stereocenters. The van der Waals surface area contributed by atoms with Gasteiger partial charge in [-0.15, -0.1) is 0 Å². The van der Waals surface area contributed by atoms with Crippen molar-refractivity contribution in [2.24, 2.45) is 0 Å². The Hall–Kier alpha value is -1.88. The highest BCUT2D eigenvalue weighted by molar-refractivity contribution is 5.85. The Morgan fingerprint density at radius 3 is 2.56 bits per heavy atom. The first-order valence-electron chi connectivity index (χ1n) is 5.69. The van der Waals surface area contributed by atoms with Crippen LogP contribution in [0.15, 0.2) is 30.3 Å². The molecule has 1 aromatic rings. The lowest BCUT2D eigenvalue weighted by atomic mass is 10.1. The summed E-state index contributed by atoms with van der Waals surface area (Å²) >= 11 is 0. The minimum absolute atomic E-state index is 0.146. The summed E-state index contributed by atoms with van der Waals surface area (Å²) in [6.45, 7) is -0.189. The Morgan fingerprint density at radius 1 is 1.33 bits per heavy atom. The first kappa shape index (κ1) is 14.2. The van der Waals surface area contributed by atoms with Crippen LogP contribution in [0.5, 0.6) is 0 Å². The molecular weight excluding hydrogens is 234 g/mol. The van der Waals surface area contributed by atoms with Crippen LogP contribution < -0.4 is 5.32 Å². The maximum Gasteiger partial charge on any atom is 0.328 e. The second-order valence-corrected chi connectivity index (χ2v) is 3.82. The molecule has 5 nitrogen and oxygen atoms in total. The number of amides is 1. The predicted molar refractivity (Wildman–Crippen MR) is 65.8 cm³/mol. The highest BCUT2D eigenvalue weighted by Crippen LogP contribution is 2.01. The van der Waals surface area contributed by atoms with Crippen molar-refractivity contribution < 1.29 is 19.4 Å². The molecule has 0 saturated heterocycles. The zero-order valence-electron chi connectivity index (χ0n) is 10.3. The largest absolute Gasteiger partial charge is 0.467 e. The number of aliphatic hydroxyl groups excluding tert-OH is 1. The van der Waals surface area contributed by atoms with Gasteiger partial charge in [-0.05, 0) is 5.56 Å². The number of nitrogens with one attached hydrogen (secondary N) is 1. The zero-order valence-corrected chi connectivity index (χ0v) is 10.3. The number of carbonyl (C=O) groups excluding carboxylic acids is 2. The van der Waals surface area contributed by atoms with Crippen LogP contribution in [0.25, 0.3) is 0 Å². The van der Waals surface area contributed by atoms with E-state index < -0.39 is 12.0 Å². The summed E-state index contributed by atoms with van der Waals surface area (Å²) in [4.78, 5) is 23.1. The number of ether oxygens (including phenoxy) is 1. The molecule has 5 heteroatoms. The van der Waals surface area contributed by atoms with Crippen LogP contribution >= 0.6 is 0 Å². The summed E-state index contributed by atoms with van der Waals surface area (Å²) < 4.78 is 4.55. The molecule has 0 unspecified atom stereocenters. The minimum atomic E-state index is -0.795. The van der Waals surface area contributed by atoms with Gasteiger partial charge in [0.15, 0.2) is 0 Å². The molecule has 0 aliphatic rings. The topological polar surface area (TPSA) is 75.6 Å². The number of benzene rings is 1. The third kappa shape index (κ3) is 4.55. The molecular formula is C13H17NO4. The van der Waals surface area contributed by atoms with Gasteiger partial charge in [-0.3, -0.25) is 4.79 Å². The van der Waals surface area contributed by atoms with E-state index in [2.05, 4.69) is 10.1 Å². The fraction of sp³-hybridized carbons (Fsp3) is 0.385. The van der Waals surface area contributed by atoms with E-state index in [9.17, 15) is 9.59 Å². The molecule has 0 spiro atoms. The van der Waals surface area contributed by atoms with Crippen LogP contribution in [0.2, 0.25) is 0 Å². The predicted octanol–water partition coefficient (Wildman–Crippen LogP) is 0.269. The summed E-state index contributed by atoms with van der Waals surface area (Å²) in [5.74, 6) is -0.824. The second-order valence-electron chi connectivity index (χ2n) is 3.82. The maximum atomic E-state index is 11.7. The lowest BCUT2D eigenvalue weighted by molar-refractivity contribution is -0.145. The average Bonchev–Trinajstić information content (AvgIpc) is 2.38. The van der Waals surface area contributed by atoms with Gasteiger partial charge in [-0.25, -0.2) is 4.79 Å². The van der Waals surface area contributed by atoms with Crippen molar-refractivity contribution in [3.8, 4) is 0 Å². The smallest absolute Gasteiger partial charge is 0.328 e. The summed E-state index contributed by atoms with van der Waals surface area (Å²) in [6, 6.07) is 8.42. The van der Waals surface area contributed by atoms with Crippen molar-refractivity contribution >= 4 is 11.9 Å². The SMILES string of the molecule is COC(=O)[C@H](CCO)NC(=O)Cc1ccccc1. The lowest BCUT2D eigenvalue weighted by Gasteiger charge is -2.15. The molecule has 0 heterocycles. The third-order valence-electron chi connectivity index (χ3n) is 2.45. The number of rotatable bonds is 6. The maximum absolute atomic E-state index is 11.7. The van der Waals surface area contributed by atoms with E-state index in [0.717, 1.165) is 5.56 Å². The zero-order chi connectivity index (χ0) is 13.4. The first-order valence-corrected chi connectivity index (χ1v) is 5.69. The van der Waals surface area contributed by atoms with Crippen LogP contribution in [-0.4, -0.2) is 36.7 Å². The number of aliphatic hydroxyl groups is 1.